The molecule has 0 aliphatic carbocycles. The first kappa shape index (κ1) is 15.1. The summed E-state index contributed by atoms with van der Waals surface area (Å²) in [5.41, 5.74) is 3.09. The van der Waals surface area contributed by atoms with Crippen molar-refractivity contribution in [1.82, 2.24) is 0 Å². The second kappa shape index (κ2) is 9.36. The van der Waals surface area contributed by atoms with Gasteiger partial charge in [0.15, 0.2) is 10.9 Å². The van der Waals surface area contributed by atoms with E-state index < -0.39 is 10.9 Å². The van der Waals surface area contributed by atoms with Crippen LogP contribution < -0.4 is 5.14 Å². The monoisotopic (exact) mass is 243 g/mol. The van der Waals surface area contributed by atoms with Crippen LogP contribution in [0.1, 0.15) is 37.8 Å². The zero-order valence-electron chi connectivity index (χ0n) is 9.98. The van der Waals surface area contributed by atoms with Gasteiger partial charge in [-0.1, -0.05) is 51.0 Å². The zero-order chi connectivity index (χ0) is 12.4. The maximum absolute atomic E-state index is 8.81. The van der Waals surface area contributed by atoms with Crippen LogP contribution in [0.25, 0.3) is 0 Å². The van der Waals surface area contributed by atoms with Crippen molar-refractivity contribution in [3.8, 4) is 0 Å². The summed E-state index contributed by atoms with van der Waals surface area (Å²) >= 11 is 0. The fourth-order valence-electron chi connectivity index (χ4n) is 1.58. The fraction of sp³-hybridized carbons (Fsp3) is 0.500. The van der Waals surface area contributed by atoms with Crippen molar-refractivity contribution in [3.63, 3.8) is 0 Å². The molecule has 4 heteroatoms. The van der Waals surface area contributed by atoms with E-state index >= 15 is 0 Å². The first-order chi connectivity index (χ1) is 7.61. The van der Waals surface area contributed by atoms with Crippen molar-refractivity contribution in [2.45, 2.75) is 39.5 Å². The molecule has 3 nitrogen and oxygen atoms in total. The second-order valence-electron chi connectivity index (χ2n) is 3.55. The third-order valence-electron chi connectivity index (χ3n) is 2.16. The minimum Gasteiger partial charge on any atom is -0.231 e. The van der Waals surface area contributed by atoms with Gasteiger partial charge >= 0.3 is 0 Å². The van der Waals surface area contributed by atoms with Gasteiger partial charge in [-0.3, -0.25) is 0 Å². The van der Waals surface area contributed by atoms with Crippen LogP contribution in [0.15, 0.2) is 24.3 Å². The lowest BCUT2D eigenvalue weighted by molar-refractivity contribution is 0.616. The van der Waals surface area contributed by atoms with E-state index in [-0.39, 0.29) is 0 Å². The van der Waals surface area contributed by atoms with Crippen LogP contribution in [0.5, 0.6) is 0 Å². The highest BCUT2D eigenvalue weighted by Crippen LogP contribution is 2.12. The molecule has 1 aromatic rings. The van der Waals surface area contributed by atoms with Crippen LogP contribution in [-0.4, -0.2) is 8.42 Å². The summed E-state index contributed by atoms with van der Waals surface area (Å²) in [4.78, 5) is 0. The predicted molar refractivity (Wildman–Crippen MR) is 68.9 cm³/mol. The molecule has 2 N–H and O–H groups in total. The van der Waals surface area contributed by atoms with Crippen molar-refractivity contribution in [1.29, 1.82) is 0 Å². The largest absolute Gasteiger partial charge is 0.231 e. The van der Waals surface area contributed by atoms with Crippen molar-refractivity contribution in [2.24, 2.45) is 5.14 Å². The highest BCUT2D eigenvalue weighted by molar-refractivity contribution is 7.69. The molecule has 0 unspecified atom stereocenters. The Kier molecular flexibility index (Phi) is 8.85. The van der Waals surface area contributed by atoms with Crippen molar-refractivity contribution >= 4 is 10.9 Å². The molecule has 0 aliphatic rings. The van der Waals surface area contributed by atoms with Gasteiger partial charge in [-0.25, -0.2) is 13.6 Å². The molecule has 0 fully saturated rings. The molecule has 0 heterocycles. The molecule has 92 valence electrons. The second-order valence-corrected chi connectivity index (χ2v) is 4.12. The van der Waals surface area contributed by atoms with E-state index in [0.29, 0.717) is 0 Å². The van der Waals surface area contributed by atoms with Gasteiger partial charge < -0.3 is 0 Å². The van der Waals surface area contributed by atoms with E-state index in [1.165, 1.54) is 25.7 Å². The standard InChI is InChI=1S/C12H18.H3NO2S/c1-3-7-11-9-5-6-10-12(11)8-4-2;1-4(2)3/h5-6,9-10H,3-4,7-8H2,1-2H3;4H,(H2,1,2,3). The lowest BCUT2D eigenvalue weighted by atomic mass is 10.00. The van der Waals surface area contributed by atoms with Crippen molar-refractivity contribution in [2.75, 3.05) is 0 Å². The van der Waals surface area contributed by atoms with E-state index in [0.717, 1.165) is 0 Å². The van der Waals surface area contributed by atoms with E-state index in [2.05, 4.69) is 43.3 Å². The van der Waals surface area contributed by atoms with E-state index in [1.807, 2.05) is 0 Å². The van der Waals surface area contributed by atoms with Gasteiger partial charge in [0.1, 0.15) is 0 Å². The highest BCUT2D eigenvalue weighted by Gasteiger charge is 1.98. The van der Waals surface area contributed by atoms with Gasteiger partial charge in [0, 0.05) is 0 Å². The molecule has 0 amide bonds. The molecule has 0 bridgehead atoms. The Labute approximate surface area is 99.8 Å². The number of benzene rings is 1. The summed E-state index contributed by atoms with van der Waals surface area (Å²) in [5.74, 6) is 0. The van der Waals surface area contributed by atoms with Crippen molar-refractivity contribution in [3.05, 3.63) is 35.4 Å². The maximum atomic E-state index is 8.81. The molecule has 0 aliphatic heterocycles. The molecule has 0 saturated heterocycles. The summed E-state index contributed by atoms with van der Waals surface area (Å²) in [5, 5.41) is 4.06. The number of hydrogen-bond acceptors (Lipinski definition) is 2. The normalized spacial score (nSPS) is 9.75. The summed E-state index contributed by atoms with van der Waals surface area (Å²) in [6.45, 7) is 4.48. The van der Waals surface area contributed by atoms with Crippen molar-refractivity contribution < 1.29 is 8.42 Å². The van der Waals surface area contributed by atoms with Gasteiger partial charge in [0.25, 0.3) is 0 Å². The Hall–Kier alpha value is -0.870. The Morgan fingerprint density at radius 2 is 1.31 bits per heavy atom. The third kappa shape index (κ3) is 7.43. The van der Waals surface area contributed by atoms with Gasteiger partial charge in [-0.2, -0.15) is 0 Å². The molecular formula is C12H21NO2S. The van der Waals surface area contributed by atoms with Crippen LogP contribution in [0.3, 0.4) is 0 Å². The fourth-order valence-corrected chi connectivity index (χ4v) is 1.58. The lowest BCUT2D eigenvalue weighted by Crippen LogP contribution is -1.92. The highest BCUT2D eigenvalue weighted by atomic mass is 32.2. The number of thiol groups is 1. The van der Waals surface area contributed by atoms with Gasteiger partial charge in [-0.15, -0.1) is 0 Å². The summed E-state index contributed by atoms with van der Waals surface area (Å²) in [6.07, 6.45) is 4.97. The quantitative estimate of drug-likeness (QED) is 0.795. The van der Waals surface area contributed by atoms with E-state index in [1.54, 1.807) is 11.1 Å². The van der Waals surface area contributed by atoms with E-state index in [4.69, 9.17) is 8.42 Å². The Morgan fingerprint density at radius 1 is 1.00 bits per heavy atom. The van der Waals surface area contributed by atoms with Crippen LogP contribution in [0, 0.1) is 0 Å². The average Bonchev–Trinajstić information content (AvgIpc) is 2.21. The average molecular weight is 243 g/mol. The van der Waals surface area contributed by atoms with Gasteiger partial charge in [0.05, 0.1) is 0 Å². The molecular weight excluding hydrogens is 222 g/mol. The lowest BCUT2D eigenvalue weighted by Gasteiger charge is -2.06. The van der Waals surface area contributed by atoms with Crippen LogP contribution >= 0.6 is 0 Å². The zero-order valence-corrected chi connectivity index (χ0v) is 10.9. The number of rotatable bonds is 4. The van der Waals surface area contributed by atoms with Crippen LogP contribution in [0.4, 0.5) is 0 Å². The summed E-state index contributed by atoms with van der Waals surface area (Å²) < 4.78 is 17.6. The van der Waals surface area contributed by atoms with Gasteiger partial charge in [0.2, 0.25) is 0 Å². The Morgan fingerprint density at radius 3 is 1.56 bits per heavy atom. The first-order valence-electron chi connectivity index (χ1n) is 5.57. The van der Waals surface area contributed by atoms with Crippen LogP contribution in [0.2, 0.25) is 0 Å². The minimum absolute atomic E-state index is 1.23. The Balaban J connectivity index is 0.000000487. The molecule has 0 atom stereocenters. The molecule has 1 rings (SSSR count). The summed E-state index contributed by atoms with van der Waals surface area (Å²) in [7, 11) is -2.62. The number of aryl methyl sites for hydroxylation is 2. The van der Waals surface area contributed by atoms with E-state index in [9.17, 15) is 0 Å². The van der Waals surface area contributed by atoms with Crippen LogP contribution in [-0.2, 0) is 23.7 Å². The third-order valence-corrected chi connectivity index (χ3v) is 2.16. The molecule has 0 saturated carbocycles. The smallest absolute Gasteiger partial charge is 0.198 e. The molecule has 0 spiro atoms. The maximum Gasteiger partial charge on any atom is 0.198 e. The number of nitrogens with two attached hydrogens (primary N) is 1. The number of hydrogen-bond donors (Lipinski definition) is 2. The molecule has 0 radical (unpaired) electrons. The topological polar surface area (TPSA) is 60.2 Å². The SMILES string of the molecule is CCCc1ccccc1CCC.N[SH](=O)=O. The van der Waals surface area contributed by atoms with Gasteiger partial charge in [-0.05, 0) is 24.0 Å². The Bertz CT molecular complexity index is 329. The summed E-state index contributed by atoms with van der Waals surface area (Å²) in [6, 6.07) is 8.80. The molecule has 16 heavy (non-hydrogen) atoms. The first-order valence-corrected chi connectivity index (χ1v) is 6.82. The predicted octanol–water partition coefficient (Wildman–Crippen LogP) is 2.06. The minimum atomic E-state index is -2.62. The molecule has 0 aromatic heterocycles. The molecule has 1 aromatic carbocycles.